The van der Waals surface area contributed by atoms with Gasteiger partial charge in [-0.3, -0.25) is 0 Å². The average molecular weight is 287 g/mol. The first kappa shape index (κ1) is 16.1. The van der Waals surface area contributed by atoms with Crippen molar-refractivity contribution in [1.29, 1.82) is 0 Å². The van der Waals surface area contributed by atoms with E-state index in [0.717, 1.165) is 30.7 Å². The van der Waals surface area contributed by atoms with Crippen LogP contribution in [-0.2, 0) is 0 Å². The summed E-state index contributed by atoms with van der Waals surface area (Å²) in [5.41, 5.74) is 2.41. The lowest BCUT2D eigenvalue weighted by molar-refractivity contribution is 0.351. The molecule has 0 saturated carbocycles. The third-order valence-corrected chi connectivity index (χ3v) is 4.32. The number of hydrogen-bond donors (Lipinski definition) is 1. The highest BCUT2D eigenvalue weighted by atomic mass is 16.3. The summed E-state index contributed by atoms with van der Waals surface area (Å²) in [5.74, 6) is 2.13. The Balaban J connectivity index is 2.41. The molecule has 0 amide bonds. The first-order valence-electron chi connectivity index (χ1n) is 8.34. The first-order valence-corrected chi connectivity index (χ1v) is 8.34. The molecule has 0 radical (unpaired) electrons. The van der Waals surface area contributed by atoms with Gasteiger partial charge in [0, 0.05) is 5.39 Å². The first-order chi connectivity index (χ1) is 10.1. The Morgan fingerprint density at radius 3 is 2.52 bits per heavy atom. The van der Waals surface area contributed by atoms with Crippen molar-refractivity contribution in [3.05, 3.63) is 35.6 Å². The van der Waals surface area contributed by atoms with E-state index in [4.69, 9.17) is 4.42 Å². The zero-order valence-electron chi connectivity index (χ0n) is 14.1. The van der Waals surface area contributed by atoms with Crippen LogP contribution in [0.2, 0.25) is 0 Å². The highest BCUT2D eigenvalue weighted by molar-refractivity contribution is 5.81. The Labute approximate surface area is 128 Å². The van der Waals surface area contributed by atoms with Crippen molar-refractivity contribution in [1.82, 2.24) is 5.32 Å². The Bertz CT molecular complexity index is 570. The molecule has 2 unspecified atom stereocenters. The van der Waals surface area contributed by atoms with Crippen molar-refractivity contribution in [2.24, 2.45) is 5.92 Å². The molecule has 0 aliphatic heterocycles. The number of benzene rings is 1. The number of para-hydroxylation sites is 1. The van der Waals surface area contributed by atoms with Crippen LogP contribution in [0.1, 0.15) is 70.7 Å². The third-order valence-electron chi connectivity index (χ3n) is 4.32. The Morgan fingerprint density at radius 2 is 1.90 bits per heavy atom. The lowest BCUT2D eigenvalue weighted by Crippen LogP contribution is -2.25. The molecule has 0 spiro atoms. The second-order valence-electron chi connectivity index (χ2n) is 6.40. The van der Waals surface area contributed by atoms with Crippen molar-refractivity contribution in [3.63, 3.8) is 0 Å². The molecule has 0 saturated heterocycles. The largest absolute Gasteiger partial charge is 0.459 e. The van der Waals surface area contributed by atoms with Gasteiger partial charge in [0.1, 0.15) is 11.3 Å². The summed E-state index contributed by atoms with van der Waals surface area (Å²) in [4.78, 5) is 0. The molecule has 2 aromatic rings. The van der Waals surface area contributed by atoms with Crippen molar-refractivity contribution in [3.8, 4) is 0 Å². The SMILES string of the molecule is CCCNC(c1cc2cccc(C(C)CC)c2o1)C(C)C. The van der Waals surface area contributed by atoms with Gasteiger partial charge in [-0.2, -0.15) is 0 Å². The lowest BCUT2D eigenvalue weighted by Gasteiger charge is -2.19. The second kappa shape index (κ2) is 7.13. The van der Waals surface area contributed by atoms with E-state index >= 15 is 0 Å². The highest BCUT2D eigenvalue weighted by Gasteiger charge is 2.20. The Morgan fingerprint density at radius 1 is 1.14 bits per heavy atom. The lowest BCUT2D eigenvalue weighted by atomic mass is 9.97. The summed E-state index contributed by atoms with van der Waals surface area (Å²) < 4.78 is 6.28. The van der Waals surface area contributed by atoms with Gasteiger partial charge in [0.05, 0.1) is 6.04 Å². The maximum absolute atomic E-state index is 6.28. The van der Waals surface area contributed by atoms with Crippen LogP contribution in [0.15, 0.2) is 28.7 Å². The summed E-state index contributed by atoms with van der Waals surface area (Å²) in [7, 11) is 0. The van der Waals surface area contributed by atoms with Gasteiger partial charge in [-0.25, -0.2) is 0 Å². The quantitative estimate of drug-likeness (QED) is 0.712. The standard InChI is InChI=1S/C19H29NO/c1-6-11-20-18(13(3)4)17-12-15-9-8-10-16(14(5)7-2)19(15)21-17/h8-10,12-14,18,20H,6-7,11H2,1-5H3. The predicted molar refractivity (Wildman–Crippen MR) is 90.8 cm³/mol. The number of fused-ring (bicyclic) bond motifs is 1. The maximum Gasteiger partial charge on any atom is 0.137 e. The van der Waals surface area contributed by atoms with E-state index in [1.807, 2.05) is 0 Å². The molecule has 0 bridgehead atoms. The van der Waals surface area contributed by atoms with Gasteiger partial charge < -0.3 is 9.73 Å². The van der Waals surface area contributed by atoms with Gasteiger partial charge in [0.15, 0.2) is 0 Å². The molecule has 0 aliphatic carbocycles. The van der Waals surface area contributed by atoms with E-state index in [2.05, 4.69) is 64.2 Å². The molecular weight excluding hydrogens is 258 g/mol. The molecule has 21 heavy (non-hydrogen) atoms. The molecule has 2 nitrogen and oxygen atoms in total. The van der Waals surface area contributed by atoms with Gasteiger partial charge in [0.25, 0.3) is 0 Å². The minimum absolute atomic E-state index is 0.294. The minimum atomic E-state index is 0.294. The number of furan rings is 1. The molecule has 116 valence electrons. The maximum atomic E-state index is 6.28. The van der Waals surface area contributed by atoms with Crippen LogP contribution in [0.25, 0.3) is 11.0 Å². The summed E-state index contributed by atoms with van der Waals surface area (Å²) in [5, 5.41) is 4.84. The van der Waals surface area contributed by atoms with Gasteiger partial charge in [0.2, 0.25) is 0 Å². The van der Waals surface area contributed by atoms with Crippen molar-refractivity contribution < 1.29 is 4.42 Å². The Hall–Kier alpha value is -1.28. The normalized spacial score (nSPS) is 14.8. The van der Waals surface area contributed by atoms with Crippen LogP contribution in [0.4, 0.5) is 0 Å². The van der Waals surface area contributed by atoms with Crippen molar-refractivity contribution in [2.45, 2.75) is 59.4 Å². The monoisotopic (exact) mass is 287 g/mol. The van der Waals surface area contributed by atoms with Crippen LogP contribution in [0.3, 0.4) is 0 Å². The highest BCUT2D eigenvalue weighted by Crippen LogP contribution is 2.33. The fourth-order valence-electron chi connectivity index (χ4n) is 2.83. The van der Waals surface area contributed by atoms with Crippen LogP contribution in [-0.4, -0.2) is 6.54 Å². The zero-order chi connectivity index (χ0) is 15.4. The average Bonchev–Trinajstić information content (AvgIpc) is 2.89. The molecule has 0 aliphatic rings. The molecule has 2 heteroatoms. The van der Waals surface area contributed by atoms with Crippen LogP contribution < -0.4 is 5.32 Å². The Kier molecular flexibility index (Phi) is 5.46. The van der Waals surface area contributed by atoms with Gasteiger partial charge >= 0.3 is 0 Å². The molecule has 1 N–H and O–H groups in total. The van der Waals surface area contributed by atoms with E-state index < -0.39 is 0 Å². The number of hydrogen-bond acceptors (Lipinski definition) is 2. The van der Waals surface area contributed by atoms with Crippen LogP contribution >= 0.6 is 0 Å². The van der Waals surface area contributed by atoms with E-state index in [9.17, 15) is 0 Å². The van der Waals surface area contributed by atoms with E-state index in [1.54, 1.807) is 0 Å². The van der Waals surface area contributed by atoms with Crippen LogP contribution in [0, 0.1) is 5.92 Å². The van der Waals surface area contributed by atoms with Gasteiger partial charge in [-0.15, -0.1) is 0 Å². The van der Waals surface area contributed by atoms with Crippen molar-refractivity contribution >= 4 is 11.0 Å². The second-order valence-corrected chi connectivity index (χ2v) is 6.40. The smallest absolute Gasteiger partial charge is 0.137 e. The molecule has 2 rings (SSSR count). The summed E-state index contributed by atoms with van der Waals surface area (Å²) >= 11 is 0. The summed E-state index contributed by atoms with van der Waals surface area (Å²) in [6, 6.07) is 9.02. The molecular formula is C19H29NO. The van der Waals surface area contributed by atoms with Crippen LogP contribution in [0.5, 0.6) is 0 Å². The summed E-state index contributed by atoms with van der Waals surface area (Å²) in [6.07, 6.45) is 2.28. The topological polar surface area (TPSA) is 25.2 Å². The molecule has 1 heterocycles. The summed E-state index contributed by atoms with van der Waals surface area (Å²) in [6.45, 7) is 12.2. The molecule has 0 fully saturated rings. The van der Waals surface area contributed by atoms with Crippen molar-refractivity contribution in [2.75, 3.05) is 6.54 Å². The fraction of sp³-hybridized carbons (Fsp3) is 0.579. The number of nitrogens with one attached hydrogen (secondary N) is 1. The third kappa shape index (κ3) is 3.49. The van der Waals surface area contributed by atoms with Gasteiger partial charge in [-0.1, -0.05) is 52.8 Å². The molecule has 1 aromatic carbocycles. The molecule has 1 aromatic heterocycles. The van der Waals surface area contributed by atoms with E-state index in [-0.39, 0.29) is 0 Å². The van der Waals surface area contributed by atoms with Gasteiger partial charge in [-0.05, 0) is 42.9 Å². The van der Waals surface area contributed by atoms with E-state index in [1.165, 1.54) is 10.9 Å². The predicted octanol–water partition coefficient (Wildman–Crippen LogP) is 5.64. The number of rotatable bonds is 7. The molecule has 2 atom stereocenters. The zero-order valence-corrected chi connectivity index (χ0v) is 14.1. The fourth-order valence-corrected chi connectivity index (χ4v) is 2.83. The van der Waals surface area contributed by atoms with E-state index in [0.29, 0.717) is 17.9 Å². The minimum Gasteiger partial charge on any atom is -0.459 e.